The van der Waals surface area contributed by atoms with Crippen LogP contribution in [0.2, 0.25) is 0 Å². The summed E-state index contributed by atoms with van der Waals surface area (Å²) in [6.45, 7) is 0.677. The molecule has 0 bridgehead atoms. The van der Waals surface area contributed by atoms with E-state index >= 15 is 0 Å². The quantitative estimate of drug-likeness (QED) is 0.934. The summed E-state index contributed by atoms with van der Waals surface area (Å²) in [7, 11) is 0. The molecule has 128 valence electrons. The van der Waals surface area contributed by atoms with Crippen LogP contribution in [0, 0.1) is 0 Å². The van der Waals surface area contributed by atoms with Crippen LogP contribution < -0.4 is 5.32 Å². The third kappa shape index (κ3) is 4.10. The second-order valence-electron chi connectivity index (χ2n) is 6.02. The van der Waals surface area contributed by atoms with E-state index in [0.29, 0.717) is 6.54 Å². The van der Waals surface area contributed by atoms with Crippen molar-refractivity contribution >= 4 is 6.03 Å². The van der Waals surface area contributed by atoms with E-state index < -0.39 is 5.92 Å². The van der Waals surface area contributed by atoms with Crippen molar-refractivity contribution in [3.05, 3.63) is 54.6 Å². The van der Waals surface area contributed by atoms with Gasteiger partial charge in [-0.25, -0.2) is 18.6 Å². The fourth-order valence-corrected chi connectivity index (χ4v) is 2.80. The van der Waals surface area contributed by atoms with E-state index in [1.54, 1.807) is 12.5 Å². The first-order valence-corrected chi connectivity index (χ1v) is 7.97. The molecule has 2 aromatic rings. The fourth-order valence-electron chi connectivity index (χ4n) is 2.80. The number of hydrogen-bond donors (Lipinski definition) is 1. The van der Waals surface area contributed by atoms with Gasteiger partial charge in [0.2, 0.25) is 0 Å². The highest BCUT2D eigenvalue weighted by Gasteiger charge is 2.36. The highest BCUT2D eigenvalue weighted by atomic mass is 19.3. The summed E-state index contributed by atoms with van der Waals surface area (Å²) in [5.74, 6) is -2.66. The van der Waals surface area contributed by atoms with Crippen LogP contribution in [0.5, 0.6) is 0 Å². The summed E-state index contributed by atoms with van der Waals surface area (Å²) < 4.78 is 28.4. The standard InChI is InChI=1S/C17H20F2N4O/c18-17(19)6-9-23(10-7-17)16(24)21-15(12-22-11-8-20-13-22)14-4-2-1-3-5-14/h1-5,8,11,13,15H,6-7,9-10,12H2,(H,21,24)/t15-/m0/s1. The van der Waals surface area contributed by atoms with Crippen LogP contribution in [-0.4, -0.2) is 39.5 Å². The van der Waals surface area contributed by atoms with Gasteiger partial charge < -0.3 is 14.8 Å². The van der Waals surface area contributed by atoms with Crippen LogP contribution >= 0.6 is 0 Å². The number of alkyl halides is 2. The summed E-state index contributed by atoms with van der Waals surface area (Å²) in [5, 5.41) is 2.96. The molecule has 0 unspecified atom stereocenters. The van der Waals surface area contributed by atoms with Gasteiger partial charge in [0.15, 0.2) is 0 Å². The molecule has 0 saturated carbocycles. The Labute approximate surface area is 139 Å². The van der Waals surface area contributed by atoms with E-state index in [9.17, 15) is 13.6 Å². The average molecular weight is 334 g/mol. The van der Waals surface area contributed by atoms with Crippen LogP contribution in [0.4, 0.5) is 13.6 Å². The molecular weight excluding hydrogens is 314 g/mol. The Morgan fingerprint density at radius 1 is 1.25 bits per heavy atom. The number of nitrogens with one attached hydrogen (secondary N) is 1. The molecule has 1 N–H and O–H groups in total. The van der Waals surface area contributed by atoms with Crippen molar-refractivity contribution in [2.24, 2.45) is 0 Å². The lowest BCUT2D eigenvalue weighted by atomic mass is 10.1. The number of urea groups is 1. The number of hydrogen-bond acceptors (Lipinski definition) is 2. The normalized spacial score (nSPS) is 18.2. The van der Waals surface area contributed by atoms with Crippen LogP contribution in [0.25, 0.3) is 0 Å². The van der Waals surface area contributed by atoms with Crippen molar-refractivity contribution < 1.29 is 13.6 Å². The molecule has 1 atom stereocenters. The Morgan fingerprint density at radius 3 is 2.58 bits per heavy atom. The summed E-state index contributed by atoms with van der Waals surface area (Å²) in [5.41, 5.74) is 0.960. The number of aromatic nitrogens is 2. The van der Waals surface area contributed by atoms with Crippen molar-refractivity contribution in [1.29, 1.82) is 0 Å². The molecule has 1 aromatic carbocycles. The van der Waals surface area contributed by atoms with Crippen molar-refractivity contribution in [2.75, 3.05) is 13.1 Å². The second-order valence-corrected chi connectivity index (χ2v) is 6.02. The number of amides is 2. The Balaban J connectivity index is 1.68. The number of likely N-dealkylation sites (tertiary alicyclic amines) is 1. The third-order valence-corrected chi connectivity index (χ3v) is 4.23. The molecule has 2 amide bonds. The number of rotatable bonds is 4. The van der Waals surface area contributed by atoms with Crippen molar-refractivity contribution in [1.82, 2.24) is 19.8 Å². The second kappa shape index (κ2) is 6.98. The molecule has 3 rings (SSSR count). The maximum atomic E-state index is 13.3. The SMILES string of the molecule is O=C(N[C@@H](Cn1ccnc1)c1ccccc1)N1CCC(F)(F)CC1. The predicted molar refractivity (Wildman–Crippen MR) is 85.7 cm³/mol. The molecule has 0 aliphatic carbocycles. The maximum Gasteiger partial charge on any atom is 0.317 e. The van der Waals surface area contributed by atoms with Gasteiger partial charge >= 0.3 is 6.03 Å². The molecule has 24 heavy (non-hydrogen) atoms. The molecule has 1 aromatic heterocycles. The van der Waals surface area contributed by atoms with Crippen LogP contribution in [0.1, 0.15) is 24.4 Å². The van der Waals surface area contributed by atoms with E-state index in [4.69, 9.17) is 0 Å². The zero-order valence-electron chi connectivity index (χ0n) is 13.2. The average Bonchev–Trinajstić information content (AvgIpc) is 3.08. The predicted octanol–water partition coefficient (Wildman–Crippen LogP) is 3.07. The molecule has 1 fully saturated rings. The zero-order valence-corrected chi connectivity index (χ0v) is 13.2. The van der Waals surface area contributed by atoms with Gasteiger partial charge in [0, 0.05) is 44.9 Å². The molecule has 0 radical (unpaired) electrons. The lowest BCUT2D eigenvalue weighted by Gasteiger charge is -2.33. The summed E-state index contributed by atoms with van der Waals surface area (Å²) in [4.78, 5) is 17.9. The molecule has 7 heteroatoms. The highest BCUT2D eigenvalue weighted by molar-refractivity contribution is 5.74. The zero-order chi connectivity index (χ0) is 17.0. The minimum Gasteiger partial charge on any atom is -0.335 e. The smallest absolute Gasteiger partial charge is 0.317 e. The van der Waals surface area contributed by atoms with Gasteiger partial charge in [-0.05, 0) is 5.56 Å². The Morgan fingerprint density at radius 2 is 1.96 bits per heavy atom. The molecule has 1 aliphatic rings. The van der Waals surface area contributed by atoms with Crippen molar-refractivity contribution in [3.8, 4) is 0 Å². The largest absolute Gasteiger partial charge is 0.335 e. The number of carbonyl (C=O) groups excluding carboxylic acids is 1. The molecular formula is C17H20F2N4O. The summed E-state index contributed by atoms with van der Waals surface area (Å²) >= 11 is 0. The van der Waals surface area contributed by atoms with Gasteiger partial charge in [0.25, 0.3) is 5.92 Å². The number of piperidine rings is 1. The first-order chi connectivity index (χ1) is 11.5. The van der Waals surface area contributed by atoms with E-state index in [0.717, 1.165) is 5.56 Å². The summed E-state index contributed by atoms with van der Waals surface area (Å²) in [6, 6.07) is 9.04. The Kier molecular flexibility index (Phi) is 4.78. The number of carbonyl (C=O) groups is 1. The van der Waals surface area contributed by atoms with Gasteiger partial charge in [-0.15, -0.1) is 0 Å². The van der Waals surface area contributed by atoms with Crippen molar-refractivity contribution in [3.63, 3.8) is 0 Å². The van der Waals surface area contributed by atoms with Gasteiger partial charge in [-0.2, -0.15) is 0 Å². The lowest BCUT2D eigenvalue weighted by Crippen LogP contribution is -2.48. The van der Waals surface area contributed by atoms with Crippen LogP contribution in [0.3, 0.4) is 0 Å². The minimum absolute atomic E-state index is 0.0748. The molecule has 1 saturated heterocycles. The molecule has 0 spiro atoms. The van der Waals surface area contributed by atoms with Gasteiger partial charge in [-0.3, -0.25) is 0 Å². The van der Waals surface area contributed by atoms with E-state index in [2.05, 4.69) is 10.3 Å². The minimum atomic E-state index is -2.66. The van der Waals surface area contributed by atoms with Crippen LogP contribution in [0.15, 0.2) is 49.1 Å². The number of benzene rings is 1. The fraction of sp³-hybridized carbons (Fsp3) is 0.412. The Hall–Kier alpha value is -2.44. The van der Waals surface area contributed by atoms with Gasteiger partial charge in [0.05, 0.1) is 12.4 Å². The van der Waals surface area contributed by atoms with Gasteiger partial charge in [0.1, 0.15) is 0 Å². The topological polar surface area (TPSA) is 50.2 Å². The monoisotopic (exact) mass is 334 g/mol. The van der Waals surface area contributed by atoms with Crippen LogP contribution in [-0.2, 0) is 6.54 Å². The number of imidazole rings is 1. The summed E-state index contributed by atoms with van der Waals surface area (Å²) in [6.07, 6.45) is 4.62. The van der Waals surface area contributed by atoms with Gasteiger partial charge in [-0.1, -0.05) is 30.3 Å². The number of nitrogens with zero attached hydrogens (tertiary/aromatic N) is 3. The molecule has 5 nitrogen and oxygen atoms in total. The molecule has 2 heterocycles. The third-order valence-electron chi connectivity index (χ3n) is 4.23. The number of halogens is 2. The maximum absolute atomic E-state index is 13.3. The first kappa shape index (κ1) is 16.4. The first-order valence-electron chi connectivity index (χ1n) is 7.97. The van der Waals surface area contributed by atoms with E-state index in [1.807, 2.05) is 41.1 Å². The van der Waals surface area contributed by atoms with E-state index in [1.165, 1.54) is 4.90 Å². The Bertz CT molecular complexity index is 650. The van der Waals surface area contributed by atoms with E-state index in [-0.39, 0.29) is 38.0 Å². The van der Waals surface area contributed by atoms with Crippen molar-refractivity contribution in [2.45, 2.75) is 31.4 Å². The highest BCUT2D eigenvalue weighted by Crippen LogP contribution is 2.28. The lowest BCUT2D eigenvalue weighted by molar-refractivity contribution is -0.0471. The molecule has 1 aliphatic heterocycles.